The van der Waals surface area contributed by atoms with E-state index in [1.54, 1.807) is 0 Å². The molecule has 1 atom stereocenters. The van der Waals surface area contributed by atoms with E-state index in [2.05, 4.69) is 45.0 Å². The maximum absolute atomic E-state index is 8.81. The van der Waals surface area contributed by atoms with Gasteiger partial charge in [0.25, 0.3) is 0 Å². The molecule has 0 radical (unpaired) electrons. The van der Waals surface area contributed by atoms with Gasteiger partial charge in [-0.2, -0.15) is 0 Å². The summed E-state index contributed by atoms with van der Waals surface area (Å²) in [5, 5.41) is 12.3. The predicted molar refractivity (Wildman–Crippen MR) is 66.1 cm³/mol. The molecule has 0 aromatic carbocycles. The Morgan fingerprint density at radius 2 is 1.87 bits per heavy atom. The van der Waals surface area contributed by atoms with E-state index in [9.17, 15) is 0 Å². The average molecular weight is 216 g/mol. The molecule has 0 aromatic heterocycles. The number of nitrogens with one attached hydrogen (secondary N) is 1. The summed E-state index contributed by atoms with van der Waals surface area (Å²) in [7, 11) is 2.06. The highest BCUT2D eigenvalue weighted by Crippen LogP contribution is 2.21. The van der Waals surface area contributed by atoms with Gasteiger partial charge in [-0.15, -0.1) is 0 Å². The van der Waals surface area contributed by atoms with Crippen LogP contribution in [0.25, 0.3) is 0 Å². The van der Waals surface area contributed by atoms with Gasteiger partial charge in [0.05, 0.1) is 6.61 Å². The monoisotopic (exact) mass is 216 g/mol. The van der Waals surface area contributed by atoms with Crippen molar-refractivity contribution < 1.29 is 5.11 Å². The van der Waals surface area contributed by atoms with Crippen molar-refractivity contribution in [2.45, 2.75) is 40.2 Å². The van der Waals surface area contributed by atoms with Crippen molar-refractivity contribution in [3.8, 4) is 0 Å². The fourth-order valence-corrected chi connectivity index (χ4v) is 1.72. The largest absolute Gasteiger partial charge is 0.395 e. The number of hydrogen-bond acceptors (Lipinski definition) is 3. The second kappa shape index (κ2) is 7.20. The zero-order chi connectivity index (χ0) is 11.9. The van der Waals surface area contributed by atoms with Crippen molar-refractivity contribution in [1.29, 1.82) is 0 Å². The van der Waals surface area contributed by atoms with E-state index in [1.807, 2.05) is 0 Å². The Labute approximate surface area is 94.9 Å². The topological polar surface area (TPSA) is 35.5 Å². The van der Waals surface area contributed by atoms with Gasteiger partial charge in [-0.05, 0) is 32.0 Å². The first-order valence-electron chi connectivity index (χ1n) is 5.94. The lowest BCUT2D eigenvalue weighted by atomic mass is 9.84. The van der Waals surface area contributed by atoms with Crippen molar-refractivity contribution >= 4 is 0 Å². The number of likely N-dealkylation sites (N-methyl/N-ethyl adjacent to an activating group) is 1. The second-order valence-corrected chi connectivity index (χ2v) is 5.29. The smallest absolute Gasteiger partial charge is 0.0558 e. The molecule has 3 heteroatoms. The Balaban J connectivity index is 3.96. The summed E-state index contributed by atoms with van der Waals surface area (Å²) in [6.45, 7) is 12.0. The van der Waals surface area contributed by atoms with Crippen LogP contribution in [0.15, 0.2) is 0 Å². The minimum absolute atomic E-state index is 0.248. The first kappa shape index (κ1) is 14.9. The third kappa shape index (κ3) is 6.88. The molecule has 1 unspecified atom stereocenters. The van der Waals surface area contributed by atoms with Crippen LogP contribution in [-0.2, 0) is 0 Å². The molecule has 0 saturated carbocycles. The van der Waals surface area contributed by atoms with Crippen LogP contribution in [0.5, 0.6) is 0 Å². The first-order valence-corrected chi connectivity index (χ1v) is 5.94. The molecule has 0 heterocycles. The van der Waals surface area contributed by atoms with Gasteiger partial charge in [0.15, 0.2) is 0 Å². The summed E-state index contributed by atoms with van der Waals surface area (Å²) < 4.78 is 0. The molecule has 0 amide bonds. The van der Waals surface area contributed by atoms with Crippen molar-refractivity contribution in [2.24, 2.45) is 5.41 Å². The molecule has 0 rings (SSSR count). The highest BCUT2D eigenvalue weighted by atomic mass is 16.3. The molecule has 0 bridgehead atoms. The number of nitrogens with zero attached hydrogens (tertiary/aromatic N) is 1. The molecular weight excluding hydrogens is 188 g/mol. The molecule has 0 aromatic rings. The summed E-state index contributed by atoms with van der Waals surface area (Å²) in [5.41, 5.74) is 0.302. The number of rotatable bonds is 7. The van der Waals surface area contributed by atoms with Gasteiger partial charge >= 0.3 is 0 Å². The van der Waals surface area contributed by atoms with Crippen LogP contribution >= 0.6 is 0 Å². The van der Waals surface area contributed by atoms with E-state index in [0.717, 1.165) is 26.1 Å². The predicted octanol–water partition coefficient (Wildman–Crippen LogP) is 1.32. The lowest BCUT2D eigenvalue weighted by Crippen LogP contribution is -2.42. The summed E-state index contributed by atoms with van der Waals surface area (Å²) in [6, 6.07) is 0.545. The van der Waals surface area contributed by atoms with Crippen molar-refractivity contribution in [2.75, 3.05) is 33.3 Å². The van der Waals surface area contributed by atoms with Crippen LogP contribution in [0.3, 0.4) is 0 Å². The van der Waals surface area contributed by atoms with Gasteiger partial charge in [0.1, 0.15) is 0 Å². The SMILES string of the molecule is CCNC(CCN(C)CCO)C(C)(C)C. The molecule has 2 N–H and O–H groups in total. The van der Waals surface area contributed by atoms with Crippen LogP contribution < -0.4 is 5.32 Å². The van der Waals surface area contributed by atoms with Crippen LogP contribution in [-0.4, -0.2) is 49.3 Å². The van der Waals surface area contributed by atoms with Gasteiger partial charge in [-0.1, -0.05) is 27.7 Å². The molecular formula is C12H28N2O. The lowest BCUT2D eigenvalue weighted by molar-refractivity contribution is 0.193. The van der Waals surface area contributed by atoms with Crippen molar-refractivity contribution in [3.05, 3.63) is 0 Å². The van der Waals surface area contributed by atoms with Gasteiger partial charge in [-0.3, -0.25) is 0 Å². The van der Waals surface area contributed by atoms with Crippen LogP contribution in [0.4, 0.5) is 0 Å². The zero-order valence-corrected chi connectivity index (χ0v) is 11.0. The van der Waals surface area contributed by atoms with Crippen molar-refractivity contribution in [3.63, 3.8) is 0 Å². The minimum Gasteiger partial charge on any atom is -0.395 e. The number of hydrogen-bond donors (Lipinski definition) is 2. The normalized spacial score (nSPS) is 14.6. The summed E-state index contributed by atoms with van der Waals surface area (Å²) in [4.78, 5) is 2.18. The van der Waals surface area contributed by atoms with Crippen LogP contribution in [0.1, 0.15) is 34.1 Å². The van der Waals surface area contributed by atoms with Crippen molar-refractivity contribution in [1.82, 2.24) is 10.2 Å². The third-order valence-electron chi connectivity index (χ3n) is 2.78. The molecule has 0 aliphatic carbocycles. The zero-order valence-electron chi connectivity index (χ0n) is 11.0. The Kier molecular flexibility index (Phi) is 7.14. The van der Waals surface area contributed by atoms with E-state index in [-0.39, 0.29) is 6.61 Å². The average Bonchev–Trinajstić information content (AvgIpc) is 2.10. The van der Waals surface area contributed by atoms with E-state index in [1.165, 1.54) is 0 Å². The summed E-state index contributed by atoms with van der Waals surface area (Å²) in [6.07, 6.45) is 1.13. The van der Waals surface area contributed by atoms with Gasteiger partial charge in [-0.25, -0.2) is 0 Å². The standard InChI is InChI=1S/C12H28N2O/c1-6-13-11(12(2,3)4)7-8-14(5)9-10-15/h11,13,15H,6-10H2,1-5H3. The molecule has 3 nitrogen and oxygen atoms in total. The molecule has 0 aliphatic heterocycles. The van der Waals surface area contributed by atoms with Crippen LogP contribution in [0.2, 0.25) is 0 Å². The highest BCUT2D eigenvalue weighted by molar-refractivity contribution is 4.80. The van der Waals surface area contributed by atoms with Crippen LogP contribution in [0, 0.1) is 5.41 Å². The van der Waals surface area contributed by atoms with E-state index in [4.69, 9.17) is 5.11 Å². The quantitative estimate of drug-likeness (QED) is 0.674. The minimum atomic E-state index is 0.248. The van der Waals surface area contributed by atoms with E-state index in [0.29, 0.717) is 11.5 Å². The molecule has 0 saturated heterocycles. The fourth-order valence-electron chi connectivity index (χ4n) is 1.72. The molecule has 0 aliphatic rings. The molecule has 0 fully saturated rings. The Hall–Kier alpha value is -0.120. The summed E-state index contributed by atoms with van der Waals surface area (Å²) in [5.74, 6) is 0. The van der Waals surface area contributed by atoms with E-state index < -0.39 is 0 Å². The Bertz CT molecular complexity index is 154. The Morgan fingerprint density at radius 3 is 2.27 bits per heavy atom. The first-order chi connectivity index (χ1) is 6.91. The maximum atomic E-state index is 8.81. The summed E-state index contributed by atoms with van der Waals surface area (Å²) >= 11 is 0. The third-order valence-corrected chi connectivity index (χ3v) is 2.78. The highest BCUT2D eigenvalue weighted by Gasteiger charge is 2.23. The van der Waals surface area contributed by atoms with Gasteiger partial charge in [0, 0.05) is 12.6 Å². The van der Waals surface area contributed by atoms with Gasteiger partial charge < -0.3 is 15.3 Å². The molecule has 92 valence electrons. The second-order valence-electron chi connectivity index (χ2n) is 5.29. The number of aliphatic hydroxyl groups is 1. The van der Waals surface area contributed by atoms with E-state index >= 15 is 0 Å². The number of aliphatic hydroxyl groups excluding tert-OH is 1. The van der Waals surface area contributed by atoms with Gasteiger partial charge in [0.2, 0.25) is 0 Å². The maximum Gasteiger partial charge on any atom is 0.0558 e. The fraction of sp³-hybridized carbons (Fsp3) is 1.00. The Morgan fingerprint density at radius 1 is 1.27 bits per heavy atom. The lowest BCUT2D eigenvalue weighted by Gasteiger charge is -2.32. The molecule has 15 heavy (non-hydrogen) atoms. The molecule has 0 spiro atoms.